The third-order valence-electron chi connectivity index (χ3n) is 3.01. The van der Waals surface area contributed by atoms with E-state index in [0.717, 1.165) is 17.7 Å². The number of aryl methyl sites for hydroxylation is 1. The summed E-state index contributed by atoms with van der Waals surface area (Å²) in [6, 6.07) is 8.08. The van der Waals surface area contributed by atoms with Crippen molar-refractivity contribution in [3.05, 3.63) is 52.1 Å². The van der Waals surface area contributed by atoms with E-state index in [4.69, 9.17) is 10.3 Å². The summed E-state index contributed by atoms with van der Waals surface area (Å²) in [5, 5.41) is 13.9. The molecule has 0 heterocycles. The third kappa shape index (κ3) is 3.32. The Morgan fingerprint density at radius 1 is 1.23 bits per heavy atom. The first-order valence-corrected chi connectivity index (χ1v) is 7.51. The van der Waals surface area contributed by atoms with Crippen molar-refractivity contribution in [2.45, 2.75) is 11.8 Å². The number of hydrogen-bond acceptors (Lipinski definition) is 6. The van der Waals surface area contributed by atoms with Crippen LogP contribution in [-0.4, -0.2) is 17.9 Å². The number of nitrogens with one attached hydrogen (secondary N) is 1. The van der Waals surface area contributed by atoms with Gasteiger partial charge in [-0.2, -0.15) is 8.42 Å². The summed E-state index contributed by atoms with van der Waals surface area (Å²) < 4.78 is 31.1. The number of nitrogen functional groups attached to an aromatic ring is 1. The van der Waals surface area contributed by atoms with Gasteiger partial charge in [-0.3, -0.25) is 14.7 Å². The molecule has 0 saturated heterocycles. The molecular formula is C13H13N3O5S. The monoisotopic (exact) mass is 323 g/mol. The van der Waals surface area contributed by atoms with Crippen LogP contribution >= 0.6 is 0 Å². The maximum atomic E-state index is 11.1. The fraction of sp³-hybridized carbons (Fsp3) is 0.0769. The van der Waals surface area contributed by atoms with Crippen molar-refractivity contribution in [1.29, 1.82) is 0 Å². The molecule has 4 N–H and O–H groups in total. The number of benzene rings is 2. The van der Waals surface area contributed by atoms with Crippen molar-refractivity contribution in [2.75, 3.05) is 11.1 Å². The average Bonchev–Trinajstić information content (AvgIpc) is 2.42. The molecule has 116 valence electrons. The Labute approximate surface area is 126 Å². The molecule has 0 fully saturated rings. The molecule has 0 radical (unpaired) electrons. The molecule has 2 aromatic carbocycles. The van der Waals surface area contributed by atoms with Crippen molar-refractivity contribution >= 4 is 32.9 Å². The largest absolute Gasteiger partial charge is 0.399 e. The number of nitrogens with zero attached hydrogens (tertiary/aromatic N) is 1. The van der Waals surface area contributed by atoms with Gasteiger partial charge in [0.2, 0.25) is 0 Å². The predicted octanol–water partition coefficient (Wildman–Crippen LogP) is 2.48. The van der Waals surface area contributed by atoms with Gasteiger partial charge in [0.25, 0.3) is 15.8 Å². The molecule has 2 aromatic rings. The van der Waals surface area contributed by atoms with Crippen LogP contribution < -0.4 is 11.1 Å². The van der Waals surface area contributed by atoms with Crippen LogP contribution in [0.3, 0.4) is 0 Å². The SMILES string of the molecule is Cc1cc(Nc2ccc(S(=O)(=O)O)cc2[N+](=O)[O-])ccc1N. The smallest absolute Gasteiger partial charge is 0.294 e. The van der Waals surface area contributed by atoms with E-state index in [2.05, 4.69) is 5.32 Å². The van der Waals surface area contributed by atoms with Gasteiger partial charge in [-0.1, -0.05) is 0 Å². The van der Waals surface area contributed by atoms with Gasteiger partial charge in [0, 0.05) is 17.4 Å². The molecule has 0 aliphatic carbocycles. The van der Waals surface area contributed by atoms with E-state index in [0.29, 0.717) is 11.4 Å². The van der Waals surface area contributed by atoms with Gasteiger partial charge >= 0.3 is 0 Å². The zero-order valence-corrected chi connectivity index (χ0v) is 12.3. The van der Waals surface area contributed by atoms with E-state index in [-0.39, 0.29) is 5.69 Å². The quantitative estimate of drug-likeness (QED) is 0.340. The maximum absolute atomic E-state index is 11.1. The zero-order valence-electron chi connectivity index (χ0n) is 11.5. The van der Waals surface area contributed by atoms with Gasteiger partial charge in [-0.15, -0.1) is 0 Å². The van der Waals surface area contributed by atoms with Crippen LogP contribution in [0, 0.1) is 17.0 Å². The Hall–Kier alpha value is -2.65. The van der Waals surface area contributed by atoms with Crippen LogP contribution in [0.5, 0.6) is 0 Å². The van der Waals surface area contributed by atoms with Crippen LogP contribution in [0.1, 0.15) is 5.56 Å². The molecule has 0 spiro atoms. The van der Waals surface area contributed by atoms with Gasteiger partial charge in [0.1, 0.15) is 10.6 Å². The van der Waals surface area contributed by atoms with Crippen molar-refractivity contribution in [1.82, 2.24) is 0 Å². The lowest BCUT2D eigenvalue weighted by Crippen LogP contribution is -2.02. The Kier molecular flexibility index (Phi) is 4.02. The highest BCUT2D eigenvalue weighted by Crippen LogP contribution is 2.30. The summed E-state index contributed by atoms with van der Waals surface area (Å²) in [5.41, 5.74) is 7.27. The normalized spacial score (nSPS) is 11.2. The highest BCUT2D eigenvalue weighted by Gasteiger charge is 2.20. The molecule has 0 atom stereocenters. The molecule has 0 aliphatic rings. The molecule has 2 rings (SSSR count). The number of anilines is 3. The summed E-state index contributed by atoms with van der Waals surface area (Å²) in [6.45, 7) is 1.79. The lowest BCUT2D eigenvalue weighted by atomic mass is 10.1. The second-order valence-electron chi connectivity index (χ2n) is 4.61. The van der Waals surface area contributed by atoms with Crippen LogP contribution in [0.4, 0.5) is 22.7 Å². The lowest BCUT2D eigenvalue weighted by Gasteiger charge is -2.09. The summed E-state index contributed by atoms with van der Waals surface area (Å²) >= 11 is 0. The van der Waals surface area contributed by atoms with Gasteiger partial charge in [-0.25, -0.2) is 0 Å². The Bertz CT molecular complexity index is 849. The minimum atomic E-state index is -4.51. The summed E-state index contributed by atoms with van der Waals surface area (Å²) in [6.07, 6.45) is 0. The fourth-order valence-corrected chi connectivity index (χ4v) is 2.34. The summed E-state index contributed by atoms with van der Waals surface area (Å²) in [4.78, 5) is 9.80. The second-order valence-corrected chi connectivity index (χ2v) is 6.03. The fourth-order valence-electron chi connectivity index (χ4n) is 1.84. The molecule has 0 aliphatic heterocycles. The van der Waals surface area contributed by atoms with Crippen LogP contribution in [0.2, 0.25) is 0 Å². The summed E-state index contributed by atoms with van der Waals surface area (Å²) in [7, 11) is -4.51. The number of rotatable bonds is 4. The van der Waals surface area contributed by atoms with E-state index in [1.807, 2.05) is 0 Å². The predicted molar refractivity (Wildman–Crippen MR) is 81.8 cm³/mol. The highest BCUT2D eigenvalue weighted by atomic mass is 32.2. The maximum Gasteiger partial charge on any atom is 0.294 e. The minimum absolute atomic E-state index is 0.0987. The van der Waals surface area contributed by atoms with Gasteiger partial charge in [-0.05, 0) is 42.8 Å². The van der Waals surface area contributed by atoms with Crippen LogP contribution in [0.15, 0.2) is 41.3 Å². The molecule has 8 nitrogen and oxygen atoms in total. The molecule has 22 heavy (non-hydrogen) atoms. The average molecular weight is 323 g/mol. The van der Waals surface area contributed by atoms with Crippen LogP contribution in [0.25, 0.3) is 0 Å². The van der Waals surface area contributed by atoms with Gasteiger partial charge < -0.3 is 11.1 Å². The molecule has 0 saturated carbocycles. The van der Waals surface area contributed by atoms with Crippen molar-refractivity contribution < 1.29 is 17.9 Å². The van der Waals surface area contributed by atoms with Crippen LogP contribution in [-0.2, 0) is 10.1 Å². The highest BCUT2D eigenvalue weighted by molar-refractivity contribution is 7.85. The number of nitro benzene ring substituents is 1. The molecule has 0 aromatic heterocycles. The second kappa shape index (κ2) is 5.62. The first-order valence-electron chi connectivity index (χ1n) is 6.07. The van der Waals surface area contributed by atoms with Crippen molar-refractivity contribution in [3.8, 4) is 0 Å². The van der Waals surface area contributed by atoms with Gasteiger partial charge in [0.05, 0.1) is 4.92 Å². The Morgan fingerprint density at radius 2 is 1.91 bits per heavy atom. The molecular weight excluding hydrogens is 310 g/mol. The van der Waals surface area contributed by atoms with E-state index in [1.165, 1.54) is 6.07 Å². The van der Waals surface area contributed by atoms with E-state index in [9.17, 15) is 18.5 Å². The molecule has 9 heteroatoms. The van der Waals surface area contributed by atoms with Crippen molar-refractivity contribution in [2.24, 2.45) is 0 Å². The van der Waals surface area contributed by atoms with E-state index >= 15 is 0 Å². The lowest BCUT2D eigenvalue weighted by molar-refractivity contribution is -0.384. The topological polar surface area (TPSA) is 136 Å². The zero-order chi connectivity index (χ0) is 16.5. The summed E-state index contributed by atoms with van der Waals surface area (Å²) in [5.74, 6) is 0. The first kappa shape index (κ1) is 15.7. The minimum Gasteiger partial charge on any atom is -0.399 e. The standard InChI is InChI=1S/C13H13N3O5S/c1-8-6-9(2-4-11(8)14)15-12-5-3-10(22(19,20)21)7-13(12)16(17)18/h2-7,15H,14H2,1H3,(H,19,20,21). The first-order chi connectivity index (χ1) is 10.2. The number of hydrogen-bond donors (Lipinski definition) is 3. The molecule has 0 amide bonds. The number of nitrogens with two attached hydrogens (primary N) is 1. The number of nitro groups is 1. The Morgan fingerprint density at radius 3 is 2.45 bits per heavy atom. The van der Waals surface area contributed by atoms with Crippen molar-refractivity contribution in [3.63, 3.8) is 0 Å². The van der Waals surface area contributed by atoms with Gasteiger partial charge in [0.15, 0.2) is 0 Å². The Balaban J connectivity index is 2.46. The third-order valence-corrected chi connectivity index (χ3v) is 3.86. The van der Waals surface area contributed by atoms with E-state index in [1.54, 1.807) is 25.1 Å². The molecule has 0 unspecified atom stereocenters. The molecule has 0 bridgehead atoms. The van der Waals surface area contributed by atoms with E-state index < -0.39 is 25.6 Å².